The predicted molar refractivity (Wildman–Crippen MR) is 153 cm³/mol. The lowest BCUT2D eigenvalue weighted by atomic mass is 10.2. The largest absolute Gasteiger partial charge is 0.443 e. The van der Waals surface area contributed by atoms with Crippen LogP contribution >= 0.6 is 54.5 Å². The fourth-order valence-corrected chi connectivity index (χ4v) is 6.45. The van der Waals surface area contributed by atoms with Crippen molar-refractivity contribution < 1.29 is 9.53 Å². The van der Waals surface area contributed by atoms with Crippen LogP contribution in [0.2, 0.25) is 0 Å². The molecule has 6 nitrogen and oxygen atoms in total. The predicted octanol–water partition coefficient (Wildman–Crippen LogP) is 8.60. The molecule has 2 aromatic carbocycles. The van der Waals surface area contributed by atoms with Gasteiger partial charge in [0.25, 0.3) is 0 Å². The van der Waals surface area contributed by atoms with Gasteiger partial charge in [-0.2, -0.15) is 0 Å². The fourth-order valence-electron chi connectivity index (χ4n) is 3.38. The Hall–Kier alpha value is -1.75. The van der Waals surface area contributed by atoms with Crippen molar-refractivity contribution in [3.8, 4) is 0 Å². The highest BCUT2D eigenvalue weighted by Gasteiger charge is 2.38. The summed E-state index contributed by atoms with van der Waals surface area (Å²) >= 11 is 10.2. The second kappa shape index (κ2) is 9.95. The SMILES string of the molecule is Brc1ccc2nc(NC3CC3)sc2c1.CC(C)(C)OC(=O)N(c1nc2ccc(Br)cc2s1)C1CC1. The zero-order chi connectivity index (χ0) is 24.7. The van der Waals surface area contributed by atoms with E-state index in [-0.39, 0.29) is 12.1 Å². The van der Waals surface area contributed by atoms with Gasteiger partial charge in [-0.05, 0) is 82.9 Å². The second-order valence-corrected chi connectivity index (χ2v) is 13.6. The molecular formula is C25H26Br2N4O2S2. The molecule has 1 N–H and O–H groups in total. The number of fused-ring (bicyclic) bond motifs is 2. The van der Waals surface area contributed by atoms with Crippen LogP contribution in [0, 0.1) is 0 Å². The first-order valence-electron chi connectivity index (χ1n) is 11.6. The van der Waals surface area contributed by atoms with E-state index in [0.29, 0.717) is 6.04 Å². The third kappa shape index (κ3) is 6.53. The fraction of sp³-hybridized carbons (Fsp3) is 0.400. The Bertz CT molecular complexity index is 1370. The van der Waals surface area contributed by atoms with Crippen molar-refractivity contribution in [3.05, 3.63) is 45.3 Å². The number of rotatable bonds is 4. The van der Waals surface area contributed by atoms with E-state index in [1.54, 1.807) is 16.2 Å². The Kier molecular flexibility index (Phi) is 7.09. The summed E-state index contributed by atoms with van der Waals surface area (Å²) in [4.78, 5) is 23.3. The molecule has 2 heterocycles. The van der Waals surface area contributed by atoms with Gasteiger partial charge >= 0.3 is 6.09 Å². The monoisotopic (exact) mass is 636 g/mol. The minimum absolute atomic E-state index is 0.226. The topological polar surface area (TPSA) is 67.4 Å². The first-order valence-corrected chi connectivity index (χ1v) is 14.8. The maximum Gasteiger partial charge on any atom is 0.416 e. The van der Waals surface area contributed by atoms with Crippen molar-refractivity contribution in [2.24, 2.45) is 0 Å². The maximum atomic E-state index is 12.4. The van der Waals surface area contributed by atoms with Crippen LogP contribution in [0.5, 0.6) is 0 Å². The molecular weight excluding hydrogens is 612 g/mol. The summed E-state index contributed by atoms with van der Waals surface area (Å²) in [5.74, 6) is 0. The van der Waals surface area contributed by atoms with Crippen LogP contribution in [-0.2, 0) is 4.74 Å². The van der Waals surface area contributed by atoms with Crippen molar-refractivity contribution in [1.82, 2.24) is 9.97 Å². The lowest BCUT2D eigenvalue weighted by Crippen LogP contribution is -2.38. The number of hydrogen-bond donors (Lipinski definition) is 1. The number of anilines is 2. The smallest absolute Gasteiger partial charge is 0.416 e. The molecule has 2 aliphatic rings. The molecule has 0 aliphatic heterocycles. The lowest BCUT2D eigenvalue weighted by molar-refractivity contribution is 0.0578. The van der Waals surface area contributed by atoms with E-state index in [4.69, 9.17) is 4.74 Å². The van der Waals surface area contributed by atoms with Crippen molar-refractivity contribution in [2.75, 3.05) is 10.2 Å². The first kappa shape index (κ1) is 24.9. The van der Waals surface area contributed by atoms with Crippen molar-refractivity contribution in [3.63, 3.8) is 0 Å². The molecule has 2 fully saturated rings. The zero-order valence-electron chi connectivity index (χ0n) is 19.7. The summed E-state index contributed by atoms with van der Waals surface area (Å²) in [5.41, 5.74) is 1.50. The van der Waals surface area contributed by atoms with Gasteiger partial charge in [0.15, 0.2) is 10.3 Å². The quantitative estimate of drug-likeness (QED) is 0.243. The number of carbonyl (C=O) groups is 1. The Morgan fingerprint density at radius 3 is 2.14 bits per heavy atom. The van der Waals surface area contributed by atoms with Crippen LogP contribution in [0.4, 0.5) is 15.1 Å². The summed E-state index contributed by atoms with van der Waals surface area (Å²) < 4.78 is 9.95. The third-order valence-corrected chi connectivity index (χ3v) is 8.26. The molecule has 35 heavy (non-hydrogen) atoms. The van der Waals surface area contributed by atoms with E-state index in [9.17, 15) is 4.79 Å². The van der Waals surface area contributed by atoms with E-state index >= 15 is 0 Å². The van der Waals surface area contributed by atoms with Gasteiger partial charge in [0.05, 0.1) is 20.4 Å². The number of halogens is 2. The summed E-state index contributed by atoms with van der Waals surface area (Å²) in [7, 11) is 0. The number of ether oxygens (including phenoxy) is 1. The van der Waals surface area contributed by atoms with E-state index in [1.165, 1.54) is 28.9 Å². The number of nitrogens with one attached hydrogen (secondary N) is 1. The van der Waals surface area contributed by atoms with Crippen molar-refractivity contribution in [2.45, 2.75) is 64.1 Å². The highest BCUT2D eigenvalue weighted by molar-refractivity contribution is 9.10. The number of aromatic nitrogens is 2. The van der Waals surface area contributed by atoms with E-state index in [0.717, 1.165) is 47.8 Å². The van der Waals surface area contributed by atoms with E-state index in [1.807, 2.05) is 51.1 Å². The van der Waals surface area contributed by atoms with Gasteiger partial charge in [-0.25, -0.2) is 19.7 Å². The van der Waals surface area contributed by atoms with Crippen LogP contribution < -0.4 is 10.2 Å². The summed E-state index contributed by atoms with van der Waals surface area (Å²) in [6.07, 6.45) is 4.31. The minimum atomic E-state index is -0.496. The Morgan fingerprint density at radius 1 is 0.971 bits per heavy atom. The summed E-state index contributed by atoms with van der Waals surface area (Å²) in [6.45, 7) is 5.64. The summed E-state index contributed by atoms with van der Waals surface area (Å²) in [6, 6.07) is 13.0. The Morgan fingerprint density at radius 2 is 1.57 bits per heavy atom. The van der Waals surface area contributed by atoms with Gasteiger partial charge in [-0.15, -0.1) is 0 Å². The Balaban J connectivity index is 0.000000156. The molecule has 0 spiro atoms. The summed E-state index contributed by atoms with van der Waals surface area (Å²) in [5, 5.41) is 5.20. The van der Waals surface area contributed by atoms with Gasteiger partial charge in [-0.1, -0.05) is 54.5 Å². The first-order chi connectivity index (χ1) is 16.6. The van der Waals surface area contributed by atoms with Crippen LogP contribution in [0.25, 0.3) is 20.4 Å². The Labute approximate surface area is 229 Å². The zero-order valence-corrected chi connectivity index (χ0v) is 24.5. The number of hydrogen-bond acceptors (Lipinski definition) is 7. The van der Waals surface area contributed by atoms with Gasteiger partial charge in [0, 0.05) is 21.0 Å². The normalized spacial score (nSPS) is 15.6. The molecule has 0 atom stereocenters. The molecule has 2 saturated carbocycles. The maximum absolute atomic E-state index is 12.4. The molecule has 1 amide bonds. The average Bonchev–Trinajstić information content (AvgIpc) is 3.67. The number of amides is 1. The molecule has 184 valence electrons. The van der Waals surface area contributed by atoms with Crippen LogP contribution in [0.15, 0.2) is 45.3 Å². The molecule has 0 unspecified atom stereocenters. The number of thiazole rings is 2. The van der Waals surface area contributed by atoms with Gasteiger partial charge < -0.3 is 10.1 Å². The van der Waals surface area contributed by atoms with Crippen LogP contribution in [0.1, 0.15) is 46.5 Å². The van der Waals surface area contributed by atoms with Gasteiger partial charge in [0.1, 0.15) is 5.60 Å². The molecule has 2 aromatic heterocycles. The molecule has 4 aromatic rings. The second-order valence-electron chi connectivity index (χ2n) is 9.74. The standard InChI is InChI=1S/C15H17BrN2O2S.C10H9BrN2S/c1-15(2,3)20-14(19)18(10-5-6-10)13-17-11-7-4-9(16)8-12(11)21-13;11-6-1-4-8-9(5-6)14-10(13-8)12-7-2-3-7/h4,7-8,10H,5-6H2,1-3H3;1,4-5,7H,2-3H2,(H,12,13). The van der Waals surface area contributed by atoms with E-state index in [2.05, 4.69) is 53.2 Å². The van der Waals surface area contributed by atoms with Crippen LogP contribution in [0.3, 0.4) is 0 Å². The molecule has 0 saturated heterocycles. The van der Waals surface area contributed by atoms with Gasteiger partial charge in [0.2, 0.25) is 0 Å². The molecule has 0 bridgehead atoms. The van der Waals surface area contributed by atoms with Crippen molar-refractivity contribution in [1.29, 1.82) is 0 Å². The molecule has 6 rings (SSSR count). The van der Waals surface area contributed by atoms with E-state index < -0.39 is 5.60 Å². The minimum Gasteiger partial charge on any atom is -0.443 e. The number of nitrogens with zero attached hydrogens (tertiary/aromatic N) is 3. The highest BCUT2D eigenvalue weighted by Crippen LogP contribution is 2.38. The van der Waals surface area contributed by atoms with Crippen LogP contribution in [-0.4, -0.2) is 33.7 Å². The lowest BCUT2D eigenvalue weighted by Gasteiger charge is -2.25. The number of benzene rings is 2. The number of carbonyl (C=O) groups excluding carboxylic acids is 1. The third-order valence-electron chi connectivity index (χ3n) is 5.30. The molecule has 10 heteroatoms. The van der Waals surface area contributed by atoms with Gasteiger partial charge in [-0.3, -0.25) is 0 Å². The molecule has 0 radical (unpaired) electrons. The average molecular weight is 638 g/mol. The molecule has 2 aliphatic carbocycles. The highest BCUT2D eigenvalue weighted by atomic mass is 79.9. The van der Waals surface area contributed by atoms with Crippen molar-refractivity contribution >= 4 is 91.3 Å².